The van der Waals surface area contributed by atoms with Crippen LogP contribution in [0.3, 0.4) is 0 Å². The molecule has 0 aliphatic carbocycles. The molecule has 0 aliphatic heterocycles. The molecule has 6 nitrogen and oxygen atoms in total. The van der Waals surface area contributed by atoms with Gasteiger partial charge >= 0.3 is 0 Å². The zero-order chi connectivity index (χ0) is 30.3. The molecule has 0 fully saturated rings. The van der Waals surface area contributed by atoms with Crippen molar-refractivity contribution in [3.63, 3.8) is 0 Å². The number of fused-ring (bicyclic) bond motifs is 2. The SMILES string of the molecule is COCCn1c[n+](Cc2c(C)c(C)c(C[n+]3cn(CCOC)c4cc(C)c(C)cc43)c(C)c2C)c2cc(C)c(C)cc21. The lowest BCUT2D eigenvalue weighted by Gasteiger charge is -2.19. The van der Waals surface area contributed by atoms with E-state index < -0.39 is 0 Å². The van der Waals surface area contributed by atoms with Crippen molar-refractivity contribution in [1.29, 1.82) is 0 Å². The van der Waals surface area contributed by atoms with Crippen LogP contribution in [0.4, 0.5) is 0 Å². The molecule has 0 atom stereocenters. The quantitative estimate of drug-likeness (QED) is 0.193. The van der Waals surface area contributed by atoms with Gasteiger partial charge in [0.25, 0.3) is 0 Å². The molecule has 222 valence electrons. The third-order valence-corrected chi connectivity index (χ3v) is 9.64. The average Bonchev–Trinajstić information content (AvgIpc) is 3.46. The molecule has 0 spiro atoms. The first-order valence-corrected chi connectivity index (χ1v) is 15.1. The van der Waals surface area contributed by atoms with Crippen molar-refractivity contribution in [3.05, 3.63) is 92.6 Å². The van der Waals surface area contributed by atoms with Crippen molar-refractivity contribution < 1.29 is 18.6 Å². The molecule has 0 saturated heterocycles. The molecule has 5 aromatic rings. The fourth-order valence-corrected chi connectivity index (χ4v) is 6.35. The Balaban J connectivity index is 1.57. The minimum Gasteiger partial charge on any atom is -0.381 e. The molecular formula is C36H48N4O2+2. The Hall–Kier alpha value is -3.48. The molecule has 0 amide bonds. The van der Waals surface area contributed by atoms with Crippen molar-refractivity contribution in [3.8, 4) is 0 Å². The predicted octanol–water partition coefficient (Wildman–Crippen LogP) is 6.03. The zero-order valence-corrected chi connectivity index (χ0v) is 27.3. The van der Waals surface area contributed by atoms with Crippen LogP contribution in [-0.4, -0.2) is 36.6 Å². The number of imidazole rings is 2. The maximum Gasteiger partial charge on any atom is 0.245 e. The van der Waals surface area contributed by atoms with E-state index in [0.29, 0.717) is 13.2 Å². The normalized spacial score (nSPS) is 11.9. The van der Waals surface area contributed by atoms with Gasteiger partial charge in [-0.1, -0.05) is 0 Å². The summed E-state index contributed by atoms with van der Waals surface area (Å²) in [5.74, 6) is 0. The number of methoxy groups -OCH3 is 2. The molecule has 0 bridgehead atoms. The minimum atomic E-state index is 0.695. The molecule has 3 aromatic carbocycles. The predicted molar refractivity (Wildman–Crippen MR) is 171 cm³/mol. The number of hydrogen-bond donors (Lipinski definition) is 0. The summed E-state index contributed by atoms with van der Waals surface area (Å²) < 4.78 is 20.4. The van der Waals surface area contributed by atoms with E-state index in [1.54, 1.807) is 14.2 Å². The summed E-state index contributed by atoms with van der Waals surface area (Å²) in [6.07, 6.45) is 4.55. The van der Waals surface area contributed by atoms with Gasteiger partial charge in [-0.2, -0.15) is 0 Å². The molecule has 0 radical (unpaired) electrons. The fourth-order valence-electron chi connectivity index (χ4n) is 6.35. The highest BCUT2D eigenvalue weighted by Gasteiger charge is 2.24. The molecule has 0 N–H and O–H groups in total. The topological polar surface area (TPSA) is 36.1 Å². The first-order valence-electron chi connectivity index (χ1n) is 15.1. The van der Waals surface area contributed by atoms with Crippen molar-refractivity contribution >= 4 is 22.1 Å². The van der Waals surface area contributed by atoms with E-state index in [1.165, 1.54) is 77.7 Å². The van der Waals surface area contributed by atoms with Crippen LogP contribution in [0.2, 0.25) is 0 Å². The van der Waals surface area contributed by atoms with E-state index in [-0.39, 0.29) is 0 Å². The summed E-state index contributed by atoms with van der Waals surface area (Å²) in [4.78, 5) is 0. The van der Waals surface area contributed by atoms with Gasteiger partial charge in [-0.25, -0.2) is 18.3 Å². The minimum absolute atomic E-state index is 0.695. The average molecular weight is 569 g/mol. The van der Waals surface area contributed by atoms with Gasteiger partial charge in [0, 0.05) is 14.2 Å². The Bertz CT molecular complexity index is 1630. The smallest absolute Gasteiger partial charge is 0.245 e. The lowest BCUT2D eigenvalue weighted by atomic mass is 9.88. The second kappa shape index (κ2) is 12.0. The highest BCUT2D eigenvalue weighted by Crippen LogP contribution is 2.28. The van der Waals surface area contributed by atoms with Crippen LogP contribution in [0.15, 0.2) is 36.9 Å². The van der Waals surface area contributed by atoms with Crippen molar-refractivity contribution in [2.45, 2.75) is 81.6 Å². The van der Waals surface area contributed by atoms with Crippen LogP contribution < -0.4 is 9.13 Å². The van der Waals surface area contributed by atoms with Crippen LogP contribution in [0.1, 0.15) is 55.6 Å². The Morgan fingerprint density at radius 2 is 0.857 bits per heavy atom. The maximum atomic E-state index is 5.43. The Morgan fingerprint density at radius 3 is 1.19 bits per heavy atom. The second-order valence-corrected chi connectivity index (χ2v) is 12.2. The number of nitrogens with zero attached hydrogens (tertiary/aromatic N) is 4. The summed E-state index contributed by atoms with van der Waals surface area (Å²) in [6, 6.07) is 9.32. The summed E-state index contributed by atoms with van der Waals surface area (Å²) in [5, 5.41) is 0. The first-order chi connectivity index (χ1) is 20.0. The van der Waals surface area contributed by atoms with Crippen LogP contribution in [0.5, 0.6) is 0 Å². The molecular weight excluding hydrogens is 520 g/mol. The van der Waals surface area contributed by atoms with E-state index >= 15 is 0 Å². The van der Waals surface area contributed by atoms with E-state index in [1.807, 2.05) is 0 Å². The first kappa shape index (κ1) is 30.0. The summed E-state index contributed by atoms with van der Waals surface area (Å²) in [5.41, 5.74) is 18.8. The van der Waals surface area contributed by atoms with Gasteiger partial charge in [-0.15, -0.1) is 0 Å². The van der Waals surface area contributed by atoms with Gasteiger partial charge in [0.2, 0.25) is 12.7 Å². The summed E-state index contributed by atoms with van der Waals surface area (Å²) in [6.45, 7) is 22.8. The van der Waals surface area contributed by atoms with Crippen molar-refractivity contribution in [2.75, 3.05) is 27.4 Å². The third kappa shape index (κ3) is 5.38. The van der Waals surface area contributed by atoms with E-state index in [0.717, 1.165) is 26.2 Å². The van der Waals surface area contributed by atoms with E-state index in [4.69, 9.17) is 9.47 Å². The second-order valence-electron chi connectivity index (χ2n) is 12.2. The highest BCUT2D eigenvalue weighted by molar-refractivity contribution is 5.75. The molecule has 0 saturated carbocycles. The van der Waals surface area contributed by atoms with Gasteiger partial charge < -0.3 is 9.47 Å². The molecule has 42 heavy (non-hydrogen) atoms. The van der Waals surface area contributed by atoms with Gasteiger partial charge in [-0.3, -0.25) is 0 Å². The van der Waals surface area contributed by atoms with Crippen molar-refractivity contribution in [2.24, 2.45) is 0 Å². The molecule has 0 aliphatic rings. The maximum absolute atomic E-state index is 5.43. The van der Waals surface area contributed by atoms with Crippen LogP contribution in [0.25, 0.3) is 22.1 Å². The molecule has 2 heterocycles. The van der Waals surface area contributed by atoms with Gasteiger partial charge in [0.1, 0.15) is 26.2 Å². The molecule has 0 unspecified atom stereocenters. The highest BCUT2D eigenvalue weighted by atomic mass is 16.5. The van der Waals surface area contributed by atoms with Crippen molar-refractivity contribution in [1.82, 2.24) is 9.13 Å². The molecule has 6 heteroatoms. The Labute approximate surface area is 251 Å². The van der Waals surface area contributed by atoms with Crippen LogP contribution >= 0.6 is 0 Å². The Kier molecular flexibility index (Phi) is 8.58. The Morgan fingerprint density at radius 1 is 0.524 bits per heavy atom. The summed E-state index contributed by atoms with van der Waals surface area (Å²) in [7, 11) is 3.54. The standard InChI is InChI=1S/C36H48N4O2/c1-23-15-33-35(17-25(23)3)39(21-37(33)11-13-41-9)19-31-27(5)29(7)32(30(8)28(31)6)20-40-22-38(12-14-42-10)34-16-24(2)26(4)18-36(34)40/h15-18,21-22H,11-14,19-20H2,1-10H3/q+2. The van der Waals surface area contributed by atoms with Gasteiger partial charge in [0.05, 0.1) is 13.2 Å². The number of aromatic nitrogens is 4. The monoisotopic (exact) mass is 568 g/mol. The van der Waals surface area contributed by atoms with Crippen LogP contribution in [0, 0.1) is 55.4 Å². The zero-order valence-electron chi connectivity index (χ0n) is 27.3. The number of rotatable bonds is 10. The number of benzene rings is 3. The molecule has 2 aromatic heterocycles. The van der Waals surface area contributed by atoms with Gasteiger partial charge in [0.15, 0.2) is 22.1 Å². The summed E-state index contributed by atoms with van der Waals surface area (Å²) >= 11 is 0. The number of ether oxygens (including phenoxy) is 2. The lowest BCUT2D eigenvalue weighted by Crippen LogP contribution is -2.36. The number of aryl methyl sites for hydroxylation is 4. The van der Waals surface area contributed by atoms with Crippen LogP contribution in [-0.2, 0) is 35.7 Å². The van der Waals surface area contributed by atoms with E-state index in [9.17, 15) is 0 Å². The lowest BCUT2D eigenvalue weighted by molar-refractivity contribution is -0.664. The van der Waals surface area contributed by atoms with E-state index in [2.05, 4.69) is 111 Å². The third-order valence-electron chi connectivity index (χ3n) is 9.64. The molecule has 5 rings (SSSR count). The van der Waals surface area contributed by atoms with Gasteiger partial charge in [-0.05, 0) is 135 Å². The number of hydrogen-bond acceptors (Lipinski definition) is 2. The fraction of sp³-hybridized carbons (Fsp3) is 0.444. The largest absolute Gasteiger partial charge is 0.381 e.